The van der Waals surface area contributed by atoms with Crippen LogP contribution in [0.3, 0.4) is 0 Å². The molecule has 1 atom stereocenters. The van der Waals surface area contributed by atoms with E-state index < -0.39 is 0 Å². The van der Waals surface area contributed by atoms with Crippen LogP contribution in [0.15, 0.2) is 0 Å². The molecule has 0 aromatic carbocycles. The van der Waals surface area contributed by atoms with Crippen molar-refractivity contribution in [3.05, 3.63) is 0 Å². The Labute approximate surface area is 87.8 Å². The lowest BCUT2D eigenvalue weighted by Gasteiger charge is -2.26. The minimum atomic E-state index is 0.587. The zero-order chi connectivity index (χ0) is 10.4. The highest BCUT2D eigenvalue weighted by Gasteiger charge is 2.12. The van der Waals surface area contributed by atoms with E-state index in [0.29, 0.717) is 12.1 Å². The van der Waals surface area contributed by atoms with Crippen LogP contribution in [-0.2, 0) is 4.74 Å². The van der Waals surface area contributed by atoms with Crippen molar-refractivity contribution < 1.29 is 4.74 Å². The van der Waals surface area contributed by atoms with Gasteiger partial charge in [-0.25, -0.2) is 0 Å². The van der Waals surface area contributed by atoms with Crippen molar-refractivity contribution >= 4 is 0 Å². The number of hydrogen-bond acceptors (Lipinski definition) is 3. The van der Waals surface area contributed by atoms with E-state index in [0.717, 1.165) is 26.3 Å². The van der Waals surface area contributed by atoms with E-state index in [1.54, 1.807) is 0 Å². The van der Waals surface area contributed by atoms with Crippen molar-refractivity contribution in [2.45, 2.75) is 38.8 Å². The van der Waals surface area contributed by atoms with Gasteiger partial charge in [0.2, 0.25) is 0 Å². The van der Waals surface area contributed by atoms with Crippen molar-refractivity contribution in [1.82, 2.24) is 10.2 Å². The summed E-state index contributed by atoms with van der Waals surface area (Å²) in [4.78, 5) is 2.36. The van der Waals surface area contributed by atoms with Crippen LogP contribution in [0.4, 0.5) is 0 Å². The number of nitrogens with zero attached hydrogens (tertiary/aromatic N) is 1. The van der Waals surface area contributed by atoms with Gasteiger partial charge in [-0.05, 0) is 33.7 Å². The smallest absolute Gasteiger partial charge is 0.0619 e. The lowest BCUT2D eigenvalue weighted by atomic mass is 10.1. The molecule has 1 N–H and O–H groups in total. The molecule has 14 heavy (non-hydrogen) atoms. The molecule has 3 nitrogen and oxygen atoms in total. The molecule has 0 radical (unpaired) electrons. The van der Waals surface area contributed by atoms with E-state index in [9.17, 15) is 0 Å². The SMILES string of the molecule is CC(C)N(C)CCNC1CCCOC1. The molecular weight excluding hydrogens is 176 g/mol. The summed E-state index contributed by atoms with van der Waals surface area (Å²) < 4.78 is 5.41. The molecule has 1 fully saturated rings. The molecule has 1 aliphatic rings. The van der Waals surface area contributed by atoms with Gasteiger partial charge in [0.1, 0.15) is 0 Å². The van der Waals surface area contributed by atoms with Crippen LogP contribution in [0.25, 0.3) is 0 Å². The quantitative estimate of drug-likeness (QED) is 0.719. The third kappa shape index (κ3) is 4.40. The fourth-order valence-corrected chi connectivity index (χ4v) is 1.60. The fourth-order valence-electron chi connectivity index (χ4n) is 1.60. The third-order valence-corrected chi connectivity index (χ3v) is 2.94. The third-order valence-electron chi connectivity index (χ3n) is 2.94. The zero-order valence-corrected chi connectivity index (χ0v) is 9.75. The van der Waals surface area contributed by atoms with Crippen LogP contribution < -0.4 is 5.32 Å². The number of nitrogens with one attached hydrogen (secondary N) is 1. The van der Waals surface area contributed by atoms with Crippen molar-refractivity contribution in [2.75, 3.05) is 33.4 Å². The maximum atomic E-state index is 5.41. The molecule has 1 aliphatic heterocycles. The van der Waals surface area contributed by atoms with Gasteiger partial charge in [0.15, 0.2) is 0 Å². The van der Waals surface area contributed by atoms with Crippen LogP contribution in [0, 0.1) is 0 Å². The number of rotatable bonds is 5. The number of likely N-dealkylation sites (N-methyl/N-ethyl adjacent to an activating group) is 1. The predicted molar refractivity (Wildman–Crippen MR) is 59.6 cm³/mol. The maximum absolute atomic E-state index is 5.41. The van der Waals surface area contributed by atoms with Crippen LogP contribution in [-0.4, -0.2) is 50.3 Å². The standard InChI is InChI=1S/C11H24N2O/c1-10(2)13(3)7-6-12-11-5-4-8-14-9-11/h10-12H,4-9H2,1-3H3. The minimum absolute atomic E-state index is 0.587. The molecule has 0 aliphatic carbocycles. The Morgan fingerprint density at radius 1 is 1.50 bits per heavy atom. The van der Waals surface area contributed by atoms with Crippen LogP contribution in [0.1, 0.15) is 26.7 Å². The summed E-state index contributed by atoms with van der Waals surface area (Å²) in [6, 6.07) is 1.23. The fraction of sp³-hybridized carbons (Fsp3) is 1.00. The summed E-state index contributed by atoms with van der Waals surface area (Å²) in [5.41, 5.74) is 0. The largest absolute Gasteiger partial charge is 0.380 e. The minimum Gasteiger partial charge on any atom is -0.380 e. The van der Waals surface area contributed by atoms with E-state index in [1.807, 2.05) is 0 Å². The second-order valence-corrected chi connectivity index (χ2v) is 4.44. The Kier molecular flexibility index (Phi) is 5.45. The van der Waals surface area contributed by atoms with Gasteiger partial charge in [-0.2, -0.15) is 0 Å². The summed E-state index contributed by atoms with van der Waals surface area (Å²) in [5.74, 6) is 0. The molecule has 1 rings (SSSR count). The van der Waals surface area contributed by atoms with Crippen molar-refractivity contribution in [1.29, 1.82) is 0 Å². The van der Waals surface area contributed by atoms with Gasteiger partial charge in [0.05, 0.1) is 6.61 Å². The molecule has 1 unspecified atom stereocenters. The Balaban J connectivity index is 2.02. The molecule has 0 spiro atoms. The van der Waals surface area contributed by atoms with Crippen molar-refractivity contribution in [3.8, 4) is 0 Å². The molecule has 84 valence electrons. The predicted octanol–water partition coefficient (Wildman–Crippen LogP) is 1.10. The van der Waals surface area contributed by atoms with E-state index in [-0.39, 0.29) is 0 Å². The monoisotopic (exact) mass is 200 g/mol. The highest BCUT2D eigenvalue weighted by Crippen LogP contribution is 2.05. The summed E-state index contributed by atoms with van der Waals surface area (Å²) in [7, 11) is 2.17. The van der Waals surface area contributed by atoms with Gasteiger partial charge in [-0.1, -0.05) is 0 Å². The van der Waals surface area contributed by atoms with Crippen molar-refractivity contribution in [2.24, 2.45) is 0 Å². The first-order valence-corrected chi connectivity index (χ1v) is 5.71. The van der Waals surface area contributed by atoms with Crippen molar-refractivity contribution in [3.63, 3.8) is 0 Å². The first-order chi connectivity index (χ1) is 6.70. The van der Waals surface area contributed by atoms with Gasteiger partial charge in [-0.15, -0.1) is 0 Å². The van der Waals surface area contributed by atoms with E-state index in [4.69, 9.17) is 4.74 Å². The average Bonchev–Trinajstić information content (AvgIpc) is 2.19. The normalized spacial score (nSPS) is 23.4. The second-order valence-electron chi connectivity index (χ2n) is 4.44. The lowest BCUT2D eigenvalue weighted by molar-refractivity contribution is 0.0695. The molecule has 1 saturated heterocycles. The zero-order valence-electron chi connectivity index (χ0n) is 9.75. The molecule has 0 aromatic heterocycles. The molecule has 1 heterocycles. The van der Waals surface area contributed by atoms with E-state index >= 15 is 0 Å². The number of ether oxygens (including phenoxy) is 1. The summed E-state index contributed by atoms with van der Waals surface area (Å²) in [5, 5.41) is 3.54. The Morgan fingerprint density at radius 3 is 2.86 bits per heavy atom. The van der Waals surface area contributed by atoms with Gasteiger partial charge >= 0.3 is 0 Å². The summed E-state index contributed by atoms with van der Waals surface area (Å²) in [6.07, 6.45) is 2.48. The molecule has 0 bridgehead atoms. The van der Waals surface area contributed by atoms with Gasteiger partial charge in [-0.3, -0.25) is 0 Å². The second kappa shape index (κ2) is 6.38. The van der Waals surface area contributed by atoms with Gasteiger partial charge in [0, 0.05) is 31.8 Å². The van der Waals surface area contributed by atoms with E-state index in [2.05, 4.69) is 31.1 Å². The Bertz CT molecular complexity index is 144. The maximum Gasteiger partial charge on any atom is 0.0619 e. The molecular formula is C11H24N2O. The topological polar surface area (TPSA) is 24.5 Å². The van der Waals surface area contributed by atoms with Gasteiger partial charge in [0.25, 0.3) is 0 Å². The Morgan fingerprint density at radius 2 is 2.29 bits per heavy atom. The van der Waals surface area contributed by atoms with Crippen LogP contribution in [0.2, 0.25) is 0 Å². The highest BCUT2D eigenvalue weighted by atomic mass is 16.5. The summed E-state index contributed by atoms with van der Waals surface area (Å²) >= 11 is 0. The first-order valence-electron chi connectivity index (χ1n) is 5.71. The summed E-state index contributed by atoms with van der Waals surface area (Å²) in [6.45, 7) is 8.49. The molecule has 0 amide bonds. The molecule has 3 heteroatoms. The first kappa shape index (κ1) is 12.0. The highest BCUT2D eigenvalue weighted by molar-refractivity contribution is 4.70. The number of hydrogen-bond donors (Lipinski definition) is 1. The Hall–Kier alpha value is -0.120. The average molecular weight is 200 g/mol. The van der Waals surface area contributed by atoms with E-state index in [1.165, 1.54) is 12.8 Å². The van der Waals surface area contributed by atoms with Crippen LogP contribution >= 0.6 is 0 Å². The van der Waals surface area contributed by atoms with Gasteiger partial charge < -0.3 is 15.0 Å². The lowest BCUT2D eigenvalue weighted by Crippen LogP contribution is -2.41. The molecule has 0 aromatic rings. The van der Waals surface area contributed by atoms with Crippen LogP contribution in [0.5, 0.6) is 0 Å². The molecule has 0 saturated carbocycles.